The molecule has 1 aromatic rings. The molecule has 1 heterocycles. The monoisotopic (exact) mass is 238 g/mol. The largest absolute Gasteiger partial charge is 0.364 e. The Bertz CT molecular complexity index is 427. The number of nitrogens with zero attached hydrogens (tertiary/aromatic N) is 2. The number of nitrogens with one attached hydrogen (secondary N) is 2. The average Bonchev–Trinajstić information content (AvgIpc) is 2.26. The van der Waals surface area contributed by atoms with Crippen molar-refractivity contribution in [3.63, 3.8) is 0 Å². The number of aromatic nitrogens is 2. The Hall–Kier alpha value is -1.85. The van der Waals surface area contributed by atoms with Gasteiger partial charge in [0, 0.05) is 19.7 Å². The third kappa shape index (κ3) is 4.67. The number of likely N-dealkylation sites (N-methyl/N-ethyl adjacent to an activating group) is 1. The molecule has 2 N–H and O–H groups in total. The van der Waals surface area contributed by atoms with E-state index in [9.17, 15) is 9.59 Å². The number of hydrogen-bond acceptors (Lipinski definition) is 4. The van der Waals surface area contributed by atoms with E-state index in [1.54, 1.807) is 11.9 Å². The standard InChI is InChI=1S/C11H18N4O2/c1-8(2)5-12-11(17)7-15(3)9-4-10(16)14-13-6-9/h4,6,8H,5,7H2,1-3H3,(H,12,17)(H,14,16). The highest BCUT2D eigenvalue weighted by Crippen LogP contribution is 2.05. The number of rotatable bonds is 5. The molecule has 1 amide bonds. The van der Waals surface area contributed by atoms with E-state index in [0.29, 0.717) is 18.2 Å². The first-order valence-corrected chi connectivity index (χ1v) is 5.51. The zero-order valence-electron chi connectivity index (χ0n) is 10.4. The highest BCUT2D eigenvalue weighted by Gasteiger charge is 2.08. The number of carbonyl (C=O) groups excluding carboxylic acids is 1. The van der Waals surface area contributed by atoms with Gasteiger partial charge in [-0.15, -0.1) is 0 Å². The van der Waals surface area contributed by atoms with Gasteiger partial charge in [-0.1, -0.05) is 13.8 Å². The smallest absolute Gasteiger partial charge is 0.266 e. The van der Waals surface area contributed by atoms with E-state index in [4.69, 9.17) is 0 Å². The lowest BCUT2D eigenvalue weighted by molar-refractivity contribution is -0.119. The molecule has 0 unspecified atom stereocenters. The van der Waals surface area contributed by atoms with Gasteiger partial charge in [-0.2, -0.15) is 5.10 Å². The van der Waals surface area contributed by atoms with Gasteiger partial charge in [0.05, 0.1) is 18.4 Å². The molecule has 1 rings (SSSR count). The number of anilines is 1. The van der Waals surface area contributed by atoms with Crippen molar-refractivity contribution >= 4 is 11.6 Å². The van der Waals surface area contributed by atoms with Crippen LogP contribution in [-0.4, -0.2) is 36.2 Å². The van der Waals surface area contributed by atoms with Crippen LogP contribution in [0.2, 0.25) is 0 Å². The summed E-state index contributed by atoms with van der Waals surface area (Å²) in [6, 6.07) is 1.41. The molecule has 94 valence electrons. The summed E-state index contributed by atoms with van der Waals surface area (Å²) in [7, 11) is 1.74. The van der Waals surface area contributed by atoms with Crippen LogP contribution < -0.4 is 15.8 Å². The van der Waals surface area contributed by atoms with Gasteiger partial charge in [0.25, 0.3) is 5.56 Å². The minimum Gasteiger partial charge on any atom is -0.364 e. The summed E-state index contributed by atoms with van der Waals surface area (Å²) in [5.74, 6) is 0.354. The molecule has 6 heteroatoms. The molecule has 0 saturated carbocycles. The minimum atomic E-state index is -0.281. The predicted octanol–water partition coefficient (Wildman–Crippen LogP) is -0.0217. The van der Waals surface area contributed by atoms with Crippen LogP contribution in [0.25, 0.3) is 0 Å². The van der Waals surface area contributed by atoms with Gasteiger partial charge < -0.3 is 10.2 Å². The summed E-state index contributed by atoms with van der Waals surface area (Å²) in [6.07, 6.45) is 1.51. The van der Waals surface area contributed by atoms with E-state index in [1.165, 1.54) is 12.3 Å². The fourth-order valence-electron chi connectivity index (χ4n) is 1.26. The van der Waals surface area contributed by atoms with E-state index in [0.717, 1.165) is 0 Å². The first kappa shape index (κ1) is 13.2. The van der Waals surface area contributed by atoms with Gasteiger partial charge >= 0.3 is 0 Å². The van der Waals surface area contributed by atoms with Crippen molar-refractivity contribution in [1.29, 1.82) is 0 Å². The highest BCUT2D eigenvalue weighted by molar-refractivity contribution is 5.81. The van der Waals surface area contributed by atoms with Crippen molar-refractivity contribution in [2.75, 3.05) is 25.0 Å². The zero-order chi connectivity index (χ0) is 12.8. The van der Waals surface area contributed by atoms with Crippen LogP contribution >= 0.6 is 0 Å². The Balaban J connectivity index is 2.51. The molecule has 17 heavy (non-hydrogen) atoms. The van der Waals surface area contributed by atoms with Crippen LogP contribution in [0.3, 0.4) is 0 Å². The Morgan fingerprint density at radius 2 is 2.29 bits per heavy atom. The molecule has 0 spiro atoms. The van der Waals surface area contributed by atoms with Crippen LogP contribution in [0.5, 0.6) is 0 Å². The molecule has 0 aliphatic carbocycles. The van der Waals surface area contributed by atoms with Crippen LogP contribution in [0.15, 0.2) is 17.1 Å². The summed E-state index contributed by atoms with van der Waals surface area (Å²) in [5.41, 5.74) is 0.338. The molecule has 0 aliphatic rings. The molecule has 0 bridgehead atoms. The van der Waals surface area contributed by atoms with Gasteiger partial charge in [0.15, 0.2) is 0 Å². The molecular weight excluding hydrogens is 220 g/mol. The number of amides is 1. The second-order valence-electron chi connectivity index (χ2n) is 4.36. The molecule has 0 saturated heterocycles. The Morgan fingerprint density at radius 3 is 2.88 bits per heavy atom. The zero-order valence-corrected chi connectivity index (χ0v) is 10.4. The Kier molecular flexibility index (Phi) is 4.68. The van der Waals surface area contributed by atoms with E-state index in [1.807, 2.05) is 13.8 Å². The van der Waals surface area contributed by atoms with Crippen molar-refractivity contribution in [3.05, 3.63) is 22.6 Å². The van der Waals surface area contributed by atoms with Crippen molar-refractivity contribution in [2.24, 2.45) is 5.92 Å². The first-order chi connectivity index (χ1) is 7.99. The first-order valence-electron chi connectivity index (χ1n) is 5.51. The number of aromatic amines is 1. The quantitative estimate of drug-likeness (QED) is 0.755. The lowest BCUT2D eigenvalue weighted by Gasteiger charge is -2.18. The summed E-state index contributed by atoms with van der Waals surface area (Å²) >= 11 is 0. The molecule has 6 nitrogen and oxygen atoms in total. The van der Waals surface area contributed by atoms with Crippen molar-refractivity contribution in [1.82, 2.24) is 15.5 Å². The van der Waals surface area contributed by atoms with Crippen LogP contribution in [0.1, 0.15) is 13.8 Å². The highest BCUT2D eigenvalue weighted by atomic mass is 16.2. The molecule has 1 aromatic heterocycles. The maximum absolute atomic E-state index is 11.6. The maximum Gasteiger partial charge on any atom is 0.266 e. The second kappa shape index (κ2) is 6.03. The Morgan fingerprint density at radius 1 is 1.59 bits per heavy atom. The lowest BCUT2D eigenvalue weighted by Crippen LogP contribution is -2.37. The summed E-state index contributed by atoms with van der Waals surface area (Å²) < 4.78 is 0. The van der Waals surface area contributed by atoms with Crippen molar-refractivity contribution < 1.29 is 4.79 Å². The van der Waals surface area contributed by atoms with Gasteiger partial charge in [-0.05, 0) is 5.92 Å². The third-order valence-corrected chi connectivity index (χ3v) is 2.18. The Labute approximate surface area is 100 Å². The molecule has 0 aliphatic heterocycles. The van der Waals surface area contributed by atoms with E-state index >= 15 is 0 Å². The van der Waals surface area contributed by atoms with Gasteiger partial charge in [0.1, 0.15) is 0 Å². The summed E-state index contributed by atoms with van der Waals surface area (Å²) in [6.45, 7) is 4.92. The van der Waals surface area contributed by atoms with E-state index in [-0.39, 0.29) is 18.0 Å². The van der Waals surface area contributed by atoms with E-state index < -0.39 is 0 Å². The number of hydrogen-bond donors (Lipinski definition) is 2. The topological polar surface area (TPSA) is 78.1 Å². The van der Waals surface area contributed by atoms with Gasteiger partial charge in [-0.3, -0.25) is 9.59 Å². The fraction of sp³-hybridized carbons (Fsp3) is 0.545. The van der Waals surface area contributed by atoms with Crippen LogP contribution in [-0.2, 0) is 4.79 Å². The van der Waals surface area contributed by atoms with Crippen molar-refractivity contribution in [2.45, 2.75) is 13.8 Å². The summed E-state index contributed by atoms with van der Waals surface area (Å²) in [4.78, 5) is 24.3. The second-order valence-corrected chi connectivity index (χ2v) is 4.36. The van der Waals surface area contributed by atoms with E-state index in [2.05, 4.69) is 15.5 Å². The van der Waals surface area contributed by atoms with Gasteiger partial charge in [0.2, 0.25) is 5.91 Å². The lowest BCUT2D eigenvalue weighted by atomic mass is 10.2. The molecule has 0 aromatic carbocycles. The molecule has 0 atom stereocenters. The normalized spacial score (nSPS) is 10.4. The SMILES string of the molecule is CC(C)CNC(=O)CN(C)c1cn[nH]c(=O)c1. The molecular formula is C11H18N4O2. The molecule has 0 radical (unpaired) electrons. The number of H-pyrrole nitrogens is 1. The van der Waals surface area contributed by atoms with Gasteiger partial charge in [-0.25, -0.2) is 5.10 Å². The average molecular weight is 238 g/mol. The third-order valence-electron chi connectivity index (χ3n) is 2.18. The minimum absolute atomic E-state index is 0.0681. The summed E-state index contributed by atoms with van der Waals surface area (Å²) in [5, 5.41) is 8.77. The maximum atomic E-state index is 11.6. The van der Waals surface area contributed by atoms with Crippen molar-refractivity contribution in [3.8, 4) is 0 Å². The van der Waals surface area contributed by atoms with Crippen LogP contribution in [0.4, 0.5) is 5.69 Å². The number of carbonyl (C=O) groups is 1. The predicted molar refractivity (Wildman–Crippen MR) is 66.0 cm³/mol. The fourth-order valence-corrected chi connectivity index (χ4v) is 1.26. The van der Waals surface area contributed by atoms with Crippen LogP contribution in [0, 0.1) is 5.92 Å². The molecule has 0 fully saturated rings.